The maximum Gasteiger partial charge on any atom is 0.223 e. The largest absolute Gasteiger partial charge is 0.360 e. The number of aromatic amines is 1. The molecule has 0 spiro atoms. The van der Waals surface area contributed by atoms with E-state index in [1.807, 2.05) is 24.4 Å². The Morgan fingerprint density at radius 2 is 2.12 bits per heavy atom. The van der Waals surface area contributed by atoms with Crippen LogP contribution in [0.3, 0.4) is 0 Å². The summed E-state index contributed by atoms with van der Waals surface area (Å²) in [5.74, 6) is 1.28. The van der Waals surface area contributed by atoms with E-state index in [4.69, 9.17) is 11.6 Å². The Kier molecular flexibility index (Phi) is 4.12. The molecule has 3 aromatic rings. The number of para-hydroxylation sites is 1. The number of piperidine rings is 1. The van der Waals surface area contributed by atoms with Crippen LogP contribution in [0.1, 0.15) is 13.3 Å². The Balaban J connectivity index is 1.66. The third kappa shape index (κ3) is 2.97. The molecule has 0 saturated carbocycles. The summed E-state index contributed by atoms with van der Waals surface area (Å²) in [6.07, 6.45) is 4.74. The lowest BCUT2D eigenvalue weighted by Crippen LogP contribution is -2.42. The highest BCUT2D eigenvalue weighted by Gasteiger charge is 2.20. The van der Waals surface area contributed by atoms with E-state index in [2.05, 4.69) is 38.6 Å². The smallest absolute Gasteiger partial charge is 0.223 e. The lowest BCUT2D eigenvalue weighted by atomic mass is 9.98. The SMILES string of the molecule is C[C@H]1CNC[C@@H](Nc2ncc(Cl)c(-c3c[nH]c4ccccc34)n2)C1. The van der Waals surface area contributed by atoms with Gasteiger partial charge in [-0.1, -0.05) is 36.7 Å². The van der Waals surface area contributed by atoms with E-state index in [-0.39, 0.29) is 0 Å². The molecule has 24 heavy (non-hydrogen) atoms. The average Bonchev–Trinajstić information content (AvgIpc) is 3.01. The summed E-state index contributed by atoms with van der Waals surface area (Å²) in [5.41, 5.74) is 2.82. The summed E-state index contributed by atoms with van der Waals surface area (Å²) in [4.78, 5) is 12.3. The molecule has 5 nitrogen and oxygen atoms in total. The quantitative estimate of drug-likeness (QED) is 0.679. The van der Waals surface area contributed by atoms with Crippen LogP contribution in [0.4, 0.5) is 5.95 Å². The summed E-state index contributed by atoms with van der Waals surface area (Å²) in [6, 6.07) is 8.48. The van der Waals surface area contributed by atoms with Crippen molar-refractivity contribution in [3.05, 3.63) is 41.7 Å². The molecular weight excluding hydrogens is 322 g/mol. The van der Waals surface area contributed by atoms with Crippen molar-refractivity contribution < 1.29 is 0 Å². The van der Waals surface area contributed by atoms with E-state index in [9.17, 15) is 0 Å². The minimum absolute atomic E-state index is 0.339. The van der Waals surface area contributed by atoms with Gasteiger partial charge in [-0.05, 0) is 24.9 Å². The second kappa shape index (κ2) is 6.42. The summed E-state index contributed by atoms with van der Waals surface area (Å²) >= 11 is 6.37. The van der Waals surface area contributed by atoms with Crippen LogP contribution in [-0.4, -0.2) is 34.1 Å². The van der Waals surface area contributed by atoms with Crippen molar-refractivity contribution in [2.45, 2.75) is 19.4 Å². The minimum Gasteiger partial charge on any atom is -0.360 e. The van der Waals surface area contributed by atoms with E-state index in [1.54, 1.807) is 6.20 Å². The zero-order chi connectivity index (χ0) is 16.5. The number of nitrogens with zero attached hydrogens (tertiary/aromatic N) is 2. The van der Waals surface area contributed by atoms with Crippen LogP contribution >= 0.6 is 11.6 Å². The van der Waals surface area contributed by atoms with Crippen molar-refractivity contribution in [3.8, 4) is 11.3 Å². The van der Waals surface area contributed by atoms with Crippen LogP contribution in [-0.2, 0) is 0 Å². The van der Waals surface area contributed by atoms with Crippen LogP contribution in [0.5, 0.6) is 0 Å². The predicted octanol–water partition coefficient (Wildman–Crippen LogP) is 3.69. The predicted molar refractivity (Wildman–Crippen MR) is 98.4 cm³/mol. The topological polar surface area (TPSA) is 65.6 Å². The van der Waals surface area contributed by atoms with Gasteiger partial charge in [-0.25, -0.2) is 9.97 Å². The fraction of sp³-hybridized carbons (Fsp3) is 0.333. The molecule has 1 aliphatic rings. The molecule has 1 fully saturated rings. The maximum absolute atomic E-state index is 6.37. The number of hydrogen-bond donors (Lipinski definition) is 3. The fourth-order valence-electron chi connectivity index (χ4n) is 3.34. The Bertz CT molecular complexity index is 859. The van der Waals surface area contributed by atoms with Crippen LogP contribution in [0.15, 0.2) is 36.7 Å². The van der Waals surface area contributed by atoms with Crippen LogP contribution < -0.4 is 10.6 Å². The molecule has 3 N–H and O–H groups in total. The second-order valence-corrected chi connectivity index (χ2v) is 6.89. The molecule has 1 aromatic carbocycles. The number of fused-ring (bicyclic) bond motifs is 1. The van der Waals surface area contributed by atoms with Crippen molar-refractivity contribution in [2.75, 3.05) is 18.4 Å². The minimum atomic E-state index is 0.339. The number of rotatable bonds is 3. The number of benzene rings is 1. The molecule has 2 atom stereocenters. The first-order valence-corrected chi connectivity index (χ1v) is 8.65. The van der Waals surface area contributed by atoms with Gasteiger partial charge in [-0.3, -0.25) is 0 Å². The van der Waals surface area contributed by atoms with Crippen molar-refractivity contribution in [1.82, 2.24) is 20.3 Å². The van der Waals surface area contributed by atoms with Gasteiger partial charge in [0.1, 0.15) is 0 Å². The Morgan fingerprint density at radius 1 is 1.25 bits per heavy atom. The van der Waals surface area contributed by atoms with Gasteiger partial charge in [0.25, 0.3) is 0 Å². The van der Waals surface area contributed by atoms with Crippen LogP contribution in [0, 0.1) is 5.92 Å². The number of aromatic nitrogens is 3. The van der Waals surface area contributed by atoms with E-state index in [0.29, 0.717) is 22.9 Å². The van der Waals surface area contributed by atoms with Crippen molar-refractivity contribution in [1.29, 1.82) is 0 Å². The average molecular weight is 342 g/mol. The number of hydrogen-bond acceptors (Lipinski definition) is 4. The monoisotopic (exact) mass is 341 g/mol. The molecule has 124 valence electrons. The van der Waals surface area contributed by atoms with Gasteiger partial charge >= 0.3 is 0 Å². The van der Waals surface area contributed by atoms with Gasteiger partial charge in [0.2, 0.25) is 5.95 Å². The molecule has 0 unspecified atom stereocenters. The van der Waals surface area contributed by atoms with Crippen LogP contribution in [0.25, 0.3) is 22.2 Å². The molecule has 6 heteroatoms. The first kappa shape index (κ1) is 15.4. The highest BCUT2D eigenvalue weighted by atomic mass is 35.5. The standard InChI is InChI=1S/C18H20ClN5/c1-11-6-12(8-20-7-11)23-18-22-10-15(19)17(24-18)14-9-21-16-5-3-2-4-13(14)16/h2-5,9-12,20-21H,6-8H2,1H3,(H,22,23,24)/t11-,12+/m1/s1. The molecule has 0 amide bonds. The summed E-state index contributed by atoms with van der Waals surface area (Å²) in [6.45, 7) is 4.25. The van der Waals surface area contributed by atoms with E-state index in [1.165, 1.54) is 0 Å². The normalized spacial score (nSPS) is 21.1. The van der Waals surface area contributed by atoms with Gasteiger partial charge in [0, 0.05) is 35.2 Å². The van der Waals surface area contributed by atoms with Gasteiger partial charge < -0.3 is 15.6 Å². The number of anilines is 1. The molecule has 2 aromatic heterocycles. The van der Waals surface area contributed by atoms with E-state index < -0.39 is 0 Å². The molecule has 1 aliphatic heterocycles. The number of nitrogens with one attached hydrogen (secondary N) is 3. The molecule has 1 saturated heterocycles. The molecule has 0 radical (unpaired) electrons. The lowest BCUT2D eigenvalue weighted by molar-refractivity contribution is 0.377. The summed E-state index contributed by atoms with van der Waals surface area (Å²) in [5, 5.41) is 8.53. The third-order valence-corrected chi connectivity index (χ3v) is 4.77. The summed E-state index contributed by atoms with van der Waals surface area (Å²) < 4.78 is 0. The fourth-order valence-corrected chi connectivity index (χ4v) is 3.53. The third-order valence-electron chi connectivity index (χ3n) is 4.49. The van der Waals surface area contributed by atoms with Gasteiger partial charge in [0.05, 0.1) is 16.9 Å². The van der Waals surface area contributed by atoms with Crippen molar-refractivity contribution in [2.24, 2.45) is 5.92 Å². The van der Waals surface area contributed by atoms with Crippen LogP contribution in [0.2, 0.25) is 5.02 Å². The zero-order valence-electron chi connectivity index (χ0n) is 13.5. The first-order valence-electron chi connectivity index (χ1n) is 8.27. The molecule has 3 heterocycles. The van der Waals surface area contributed by atoms with E-state index >= 15 is 0 Å². The highest BCUT2D eigenvalue weighted by Crippen LogP contribution is 2.32. The molecule has 0 bridgehead atoms. The molecular formula is C18H20ClN5. The molecule has 0 aliphatic carbocycles. The van der Waals surface area contributed by atoms with Gasteiger partial charge in [-0.2, -0.15) is 0 Å². The first-order chi connectivity index (χ1) is 11.7. The Hall–Kier alpha value is -2.11. The second-order valence-electron chi connectivity index (χ2n) is 6.48. The highest BCUT2D eigenvalue weighted by molar-refractivity contribution is 6.33. The van der Waals surface area contributed by atoms with E-state index in [0.717, 1.165) is 41.7 Å². The maximum atomic E-state index is 6.37. The van der Waals surface area contributed by atoms with Crippen molar-refractivity contribution in [3.63, 3.8) is 0 Å². The Labute approximate surface area is 145 Å². The van der Waals surface area contributed by atoms with Gasteiger partial charge in [0.15, 0.2) is 0 Å². The van der Waals surface area contributed by atoms with Crippen molar-refractivity contribution >= 4 is 28.5 Å². The number of halogens is 1. The molecule has 4 rings (SSSR count). The van der Waals surface area contributed by atoms with Gasteiger partial charge in [-0.15, -0.1) is 0 Å². The summed E-state index contributed by atoms with van der Waals surface area (Å²) in [7, 11) is 0. The Morgan fingerprint density at radius 3 is 3.00 bits per heavy atom. The lowest BCUT2D eigenvalue weighted by Gasteiger charge is -2.28. The number of H-pyrrole nitrogens is 1. The zero-order valence-corrected chi connectivity index (χ0v) is 14.3.